The molecule has 0 saturated carbocycles. The first-order chi connectivity index (χ1) is 17.4. The lowest BCUT2D eigenvalue weighted by Crippen LogP contribution is -2.38. The second-order valence-corrected chi connectivity index (χ2v) is 11.9. The molecule has 9 nitrogen and oxygen atoms in total. The van der Waals surface area contributed by atoms with Crippen LogP contribution in [0.4, 0.5) is 0 Å². The summed E-state index contributed by atoms with van der Waals surface area (Å²) in [6.07, 6.45) is 4.51. The molecule has 4 aromatic rings. The first-order valence-electron chi connectivity index (χ1n) is 12.5. The molecule has 1 unspecified atom stereocenters. The summed E-state index contributed by atoms with van der Waals surface area (Å²) in [7, 11) is 0. The van der Waals surface area contributed by atoms with Crippen LogP contribution >= 0.6 is 11.6 Å². The van der Waals surface area contributed by atoms with Crippen LogP contribution in [0.3, 0.4) is 0 Å². The van der Waals surface area contributed by atoms with Crippen LogP contribution in [0.5, 0.6) is 0 Å². The highest BCUT2D eigenvalue weighted by atomic mass is 35.5. The van der Waals surface area contributed by atoms with Gasteiger partial charge in [0.05, 0.1) is 10.5 Å². The van der Waals surface area contributed by atoms with E-state index in [9.17, 15) is 4.79 Å². The topological polar surface area (TPSA) is 108 Å². The van der Waals surface area contributed by atoms with Crippen molar-refractivity contribution in [1.29, 1.82) is 0 Å². The van der Waals surface area contributed by atoms with E-state index in [-0.39, 0.29) is 11.4 Å². The van der Waals surface area contributed by atoms with Gasteiger partial charge in [-0.3, -0.25) is 9.36 Å². The van der Waals surface area contributed by atoms with Crippen molar-refractivity contribution in [3.63, 3.8) is 0 Å². The predicted molar refractivity (Wildman–Crippen MR) is 140 cm³/mol. The fraction of sp³-hybridized carbons (Fsp3) is 0.481. The van der Waals surface area contributed by atoms with E-state index in [1.165, 1.54) is 0 Å². The van der Waals surface area contributed by atoms with Gasteiger partial charge in [-0.2, -0.15) is 4.98 Å². The molecule has 37 heavy (non-hydrogen) atoms. The summed E-state index contributed by atoms with van der Waals surface area (Å²) < 4.78 is 18.4. The standard InChI is InChI=1S/C27H32ClN5O4/c1-15(24(34)35-26(2,3)4)29-13-16-7-8-20-18(11-16)19(28)14-33(20)25-30-23(37-32-25)22-17-9-10-27(5,6)12-21(17)36-31-22/h7-8,11,14-15,29H,9-10,12-13H2,1-6H3. The third kappa shape index (κ3) is 5.29. The van der Waals surface area contributed by atoms with Crippen LogP contribution in [0.25, 0.3) is 28.4 Å². The van der Waals surface area contributed by atoms with Crippen LogP contribution < -0.4 is 5.32 Å². The van der Waals surface area contributed by atoms with Crippen LogP contribution in [0.15, 0.2) is 33.4 Å². The van der Waals surface area contributed by atoms with E-state index in [2.05, 4.69) is 34.5 Å². The number of carbonyl (C=O) groups excluding carboxylic acids is 1. The molecule has 0 saturated heterocycles. The Kier molecular flexibility index (Phi) is 6.40. The molecular formula is C27H32ClN5O4. The lowest BCUT2D eigenvalue weighted by atomic mass is 9.77. The lowest BCUT2D eigenvalue weighted by molar-refractivity contribution is -0.157. The summed E-state index contributed by atoms with van der Waals surface area (Å²) in [6.45, 7) is 12.3. The van der Waals surface area contributed by atoms with Crippen LogP contribution in [-0.2, 0) is 28.9 Å². The number of aromatic nitrogens is 4. The van der Waals surface area contributed by atoms with E-state index in [0.717, 1.165) is 47.1 Å². The number of halogens is 1. The Morgan fingerprint density at radius 2 is 2.05 bits per heavy atom. The van der Waals surface area contributed by atoms with E-state index in [1.807, 2.05) is 39.0 Å². The zero-order chi connectivity index (χ0) is 26.5. The van der Waals surface area contributed by atoms with Crippen LogP contribution in [0, 0.1) is 5.41 Å². The van der Waals surface area contributed by atoms with Gasteiger partial charge in [-0.15, -0.1) is 0 Å². The molecule has 10 heteroatoms. The van der Waals surface area contributed by atoms with Gasteiger partial charge in [-0.1, -0.05) is 36.7 Å². The van der Waals surface area contributed by atoms with Crippen molar-refractivity contribution < 1.29 is 18.6 Å². The molecule has 1 aliphatic carbocycles. The Labute approximate surface area is 220 Å². The van der Waals surface area contributed by atoms with Gasteiger partial charge in [0.15, 0.2) is 5.69 Å². The number of fused-ring (bicyclic) bond motifs is 2. The summed E-state index contributed by atoms with van der Waals surface area (Å²) in [6, 6.07) is 5.47. The maximum absolute atomic E-state index is 12.3. The molecule has 0 aliphatic heterocycles. The molecule has 0 radical (unpaired) electrons. The minimum Gasteiger partial charge on any atom is -0.459 e. The highest BCUT2D eigenvalue weighted by Gasteiger charge is 2.32. The van der Waals surface area contributed by atoms with Crippen molar-refractivity contribution in [2.75, 3.05) is 0 Å². The lowest BCUT2D eigenvalue weighted by Gasteiger charge is -2.27. The number of nitrogens with zero attached hydrogens (tertiary/aromatic N) is 4. The molecule has 1 aromatic carbocycles. The molecule has 1 atom stereocenters. The summed E-state index contributed by atoms with van der Waals surface area (Å²) in [4.78, 5) is 16.9. The molecular weight excluding hydrogens is 494 g/mol. The van der Waals surface area contributed by atoms with E-state index in [4.69, 9.17) is 25.4 Å². The Balaban J connectivity index is 1.35. The number of nitrogens with one attached hydrogen (secondary N) is 1. The number of carbonyl (C=O) groups is 1. The Morgan fingerprint density at radius 3 is 2.81 bits per heavy atom. The first-order valence-corrected chi connectivity index (χ1v) is 12.9. The molecule has 0 amide bonds. The number of hydrogen-bond acceptors (Lipinski definition) is 8. The molecule has 0 bridgehead atoms. The summed E-state index contributed by atoms with van der Waals surface area (Å²) in [5.74, 6) is 1.30. The van der Waals surface area contributed by atoms with Crippen molar-refractivity contribution in [3.05, 3.63) is 46.3 Å². The SMILES string of the molecule is CC(NCc1ccc2c(c1)c(Cl)cn2-c1noc(-c2noc3c2CCC(C)(C)C3)n1)C(=O)OC(C)(C)C. The van der Waals surface area contributed by atoms with Gasteiger partial charge in [0.2, 0.25) is 0 Å². The van der Waals surface area contributed by atoms with Crippen LogP contribution in [-0.4, -0.2) is 37.5 Å². The normalized spacial score (nSPS) is 16.1. The summed E-state index contributed by atoms with van der Waals surface area (Å²) >= 11 is 6.58. The molecule has 1 aliphatic rings. The average molecular weight is 526 g/mol. The Bertz CT molecular complexity index is 1460. The minimum absolute atomic E-state index is 0.187. The summed E-state index contributed by atoms with van der Waals surface area (Å²) in [5.41, 5.74) is 3.13. The van der Waals surface area contributed by atoms with Gasteiger partial charge in [-0.05, 0) is 68.8 Å². The van der Waals surface area contributed by atoms with Gasteiger partial charge in [-0.25, -0.2) is 0 Å². The highest BCUT2D eigenvalue weighted by molar-refractivity contribution is 6.35. The van der Waals surface area contributed by atoms with Crippen LogP contribution in [0.1, 0.15) is 64.9 Å². The number of hydrogen-bond donors (Lipinski definition) is 1. The van der Waals surface area contributed by atoms with Gasteiger partial charge in [0.25, 0.3) is 11.8 Å². The zero-order valence-corrected chi connectivity index (χ0v) is 22.8. The van der Waals surface area contributed by atoms with Gasteiger partial charge < -0.3 is 19.1 Å². The molecule has 1 N–H and O–H groups in total. The maximum atomic E-state index is 12.3. The molecule has 196 valence electrons. The van der Waals surface area contributed by atoms with Crippen LogP contribution in [0.2, 0.25) is 5.02 Å². The first kappa shape index (κ1) is 25.5. The third-order valence-corrected chi connectivity index (χ3v) is 6.89. The summed E-state index contributed by atoms with van der Waals surface area (Å²) in [5, 5.41) is 13.0. The largest absolute Gasteiger partial charge is 0.459 e. The van der Waals surface area contributed by atoms with Gasteiger partial charge >= 0.3 is 5.97 Å². The van der Waals surface area contributed by atoms with E-state index < -0.39 is 11.6 Å². The van der Waals surface area contributed by atoms with Crippen molar-refractivity contribution in [1.82, 2.24) is 25.2 Å². The molecule has 0 fully saturated rings. The van der Waals surface area contributed by atoms with E-state index in [1.54, 1.807) is 17.7 Å². The van der Waals surface area contributed by atoms with Crippen molar-refractivity contribution >= 4 is 28.5 Å². The van der Waals surface area contributed by atoms with Gasteiger partial charge in [0, 0.05) is 30.1 Å². The van der Waals surface area contributed by atoms with E-state index in [0.29, 0.717) is 29.1 Å². The van der Waals surface area contributed by atoms with Crippen molar-refractivity contribution in [3.8, 4) is 17.5 Å². The molecule has 0 spiro atoms. The number of benzene rings is 1. The number of ether oxygens (including phenoxy) is 1. The second kappa shape index (κ2) is 9.29. The fourth-order valence-corrected chi connectivity index (χ4v) is 4.81. The maximum Gasteiger partial charge on any atom is 0.323 e. The fourth-order valence-electron chi connectivity index (χ4n) is 4.56. The molecule has 3 heterocycles. The smallest absolute Gasteiger partial charge is 0.323 e. The van der Waals surface area contributed by atoms with Crippen molar-refractivity contribution in [2.24, 2.45) is 5.41 Å². The Morgan fingerprint density at radius 1 is 1.27 bits per heavy atom. The number of esters is 1. The molecule has 3 aromatic heterocycles. The second-order valence-electron chi connectivity index (χ2n) is 11.5. The molecule has 5 rings (SSSR count). The van der Waals surface area contributed by atoms with E-state index >= 15 is 0 Å². The predicted octanol–water partition coefficient (Wildman–Crippen LogP) is 5.66. The number of rotatable bonds is 6. The van der Waals surface area contributed by atoms with Gasteiger partial charge in [0.1, 0.15) is 17.4 Å². The third-order valence-electron chi connectivity index (χ3n) is 6.59. The quantitative estimate of drug-likeness (QED) is 0.321. The average Bonchev–Trinajstić information content (AvgIpc) is 3.52. The highest BCUT2D eigenvalue weighted by Crippen LogP contribution is 2.39. The minimum atomic E-state index is -0.526. The zero-order valence-electron chi connectivity index (χ0n) is 22.0. The Hall–Kier alpha value is -3.17. The van der Waals surface area contributed by atoms with Crippen molar-refractivity contribution in [2.45, 2.75) is 79.0 Å². The monoisotopic (exact) mass is 525 g/mol.